The van der Waals surface area contributed by atoms with E-state index >= 15 is 0 Å². The van der Waals surface area contributed by atoms with Gasteiger partial charge in [-0.05, 0) is 84.3 Å². The van der Waals surface area contributed by atoms with E-state index in [9.17, 15) is 28.8 Å². The van der Waals surface area contributed by atoms with Gasteiger partial charge in [-0.1, -0.05) is 62.4 Å². The number of nitrogens with two attached hydrogens (primary N) is 1. The molecule has 0 radical (unpaired) electrons. The maximum atomic E-state index is 13.7. The average molecular weight is 1010 g/mol. The number of aliphatic imine (C=N–C) groups is 1. The third kappa shape index (κ3) is 14.0. The fourth-order valence-corrected chi connectivity index (χ4v) is 8.46. The van der Waals surface area contributed by atoms with Crippen molar-refractivity contribution in [2.75, 3.05) is 63.9 Å². The van der Waals surface area contributed by atoms with E-state index in [0.29, 0.717) is 97.7 Å². The van der Waals surface area contributed by atoms with Gasteiger partial charge in [-0.2, -0.15) is 0 Å². The number of hydrogen-bond acceptors (Lipinski definition) is 12. The summed E-state index contributed by atoms with van der Waals surface area (Å²) >= 11 is 0. The molecule has 7 N–H and O–H groups in total. The highest BCUT2D eigenvalue weighted by Crippen LogP contribution is 2.38. The molecule has 3 heterocycles. The van der Waals surface area contributed by atoms with Crippen LogP contribution in [0.1, 0.15) is 75.9 Å². The molecule has 0 fully saturated rings. The number of rotatable bonds is 24. The van der Waals surface area contributed by atoms with Crippen LogP contribution in [0.25, 0.3) is 11.1 Å². The van der Waals surface area contributed by atoms with E-state index in [4.69, 9.17) is 29.7 Å². The molecule has 6 amide bonds. The Morgan fingerprint density at radius 2 is 1.47 bits per heavy atom. The van der Waals surface area contributed by atoms with E-state index in [0.717, 1.165) is 16.7 Å². The molecule has 390 valence electrons. The van der Waals surface area contributed by atoms with E-state index in [-0.39, 0.29) is 55.2 Å². The van der Waals surface area contributed by atoms with Crippen LogP contribution in [0.4, 0.5) is 17.1 Å². The zero-order valence-corrected chi connectivity index (χ0v) is 42.4. The molecule has 4 aromatic carbocycles. The van der Waals surface area contributed by atoms with Gasteiger partial charge in [0.25, 0.3) is 17.7 Å². The van der Waals surface area contributed by atoms with Crippen molar-refractivity contribution in [3.05, 3.63) is 125 Å². The van der Waals surface area contributed by atoms with Crippen molar-refractivity contribution in [3.63, 3.8) is 0 Å². The topological polar surface area (TPSA) is 246 Å². The first-order valence-electron chi connectivity index (χ1n) is 24.7. The summed E-state index contributed by atoms with van der Waals surface area (Å²) in [6.07, 6.45) is 4.72. The minimum absolute atomic E-state index is 0.0638. The fourth-order valence-electron chi connectivity index (χ4n) is 8.46. The summed E-state index contributed by atoms with van der Waals surface area (Å²) in [5, 5.41) is 14.0. The Balaban J connectivity index is 0.833. The minimum Gasteiger partial charge on any atom is -0.493 e. The third-order valence-electron chi connectivity index (χ3n) is 12.6. The van der Waals surface area contributed by atoms with E-state index in [1.165, 1.54) is 12.7 Å². The Morgan fingerprint density at radius 3 is 2.18 bits per heavy atom. The first kappa shape index (κ1) is 53.9. The predicted molar refractivity (Wildman–Crippen MR) is 281 cm³/mol. The highest BCUT2D eigenvalue weighted by atomic mass is 16.5. The summed E-state index contributed by atoms with van der Waals surface area (Å²) < 4.78 is 24.0. The van der Waals surface area contributed by atoms with Crippen LogP contribution in [0.15, 0.2) is 102 Å². The van der Waals surface area contributed by atoms with Crippen molar-refractivity contribution in [3.8, 4) is 22.6 Å². The number of carbonyl (C=O) groups is 6. The number of nitrogens with zero attached hydrogens (tertiary/aromatic N) is 3. The van der Waals surface area contributed by atoms with Gasteiger partial charge in [0.1, 0.15) is 17.8 Å². The molecule has 0 bridgehead atoms. The van der Waals surface area contributed by atoms with Crippen LogP contribution < -0.4 is 41.8 Å². The smallest absolute Gasteiger partial charge is 0.267 e. The molecule has 1 aromatic heterocycles. The summed E-state index contributed by atoms with van der Waals surface area (Å²) in [6, 6.07) is 25.4. The largest absolute Gasteiger partial charge is 0.493 e. The van der Waals surface area contributed by atoms with Crippen LogP contribution in [0.3, 0.4) is 0 Å². The van der Waals surface area contributed by atoms with Crippen LogP contribution in [0.5, 0.6) is 11.5 Å². The van der Waals surface area contributed by atoms with Gasteiger partial charge >= 0.3 is 0 Å². The highest BCUT2D eigenvalue weighted by molar-refractivity contribution is 6.06. The number of aryl methyl sites for hydroxylation is 1. The van der Waals surface area contributed by atoms with Gasteiger partial charge in [-0.15, -0.1) is 0 Å². The molecule has 2 aliphatic rings. The molecule has 19 heteroatoms. The molecule has 0 spiro atoms. The Labute approximate surface area is 430 Å². The lowest BCUT2D eigenvalue weighted by Gasteiger charge is -2.34. The zero-order valence-electron chi connectivity index (χ0n) is 42.4. The van der Waals surface area contributed by atoms with Gasteiger partial charge in [0, 0.05) is 62.8 Å². The SMILES string of the molecule is COc1cc2c(cc1OCCCNC(=O)c1cc(NC(=O)c3ccc(-c4ccc(NC(=O)[C@H](C)NC(=O)[C@@H](NC(=O)CCOCCOCCN)C(C)C)cc4)cc3)cn1C)N=CC1Cc3ccccc3CN1C2=O. The maximum absolute atomic E-state index is 13.7. The predicted octanol–water partition coefficient (Wildman–Crippen LogP) is 5.40. The van der Waals surface area contributed by atoms with Crippen LogP contribution in [0, 0.1) is 5.92 Å². The quantitative estimate of drug-likeness (QED) is 0.0428. The molecule has 1 unspecified atom stereocenters. The lowest BCUT2D eigenvalue weighted by molar-refractivity contribution is -0.132. The number of nitrogens with one attached hydrogen (secondary N) is 5. The van der Waals surface area contributed by atoms with E-state index in [1.54, 1.807) is 81.0 Å². The molecule has 74 heavy (non-hydrogen) atoms. The molecule has 2 aliphatic heterocycles. The second kappa shape index (κ2) is 25.7. The maximum Gasteiger partial charge on any atom is 0.267 e. The number of hydrogen-bond donors (Lipinski definition) is 6. The molecule has 0 saturated carbocycles. The Kier molecular flexibility index (Phi) is 18.7. The van der Waals surface area contributed by atoms with Crippen molar-refractivity contribution >= 4 is 58.7 Å². The number of fused-ring (bicyclic) bond motifs is 3. The number of ether oxygens (including phenoxy) is 4. The van der Waals surface area contributed by atoms with Crippen molar-refractivity contribution in [2.45, 2.75) is 64.7 Å². The van der Waals surface area contributed by atoms with Gasteiger partial charge in [-0.3, -0.25) is 33.8 Å². The number of benzene rings is 4. The second-order valence-corrected chi connectivity index (χ2v) is 18.3. The first-order valence-corrected chi connectivity index (χ1v) is 24.7. The molecular weight excluding hydrogens is 947 g/mol. The number of carbonyl (C=O) groups excluding carboxylic acids is 6. The normalized spacial score (nSPS) is 14.4. The lowest BCUT2D eigenvalue weighted by atomic mass is 9.94. The summed E-state index contributed by atoms with van der Waals surface area (Å²) in [5.74, 6) is -1.44. The van der Waals surface area contributed by atoms with E-state index in [1.807, 2.05) is 53.6 Å². The minimum atomic E-state index is -0.897. The molecule has 3 atom stereocenters. The van der Waals surface area contributed by atoms with Crippen LogP contribution in [-0.4, -0.2) is 122 Å². The standard InChI is InChI=1S/C55H65N9O10/c1-34(2)50(62-49(65)19-23-72-25-26-73-24-20-56)54(69)59-35(3)51(66)60-41-17-15-37(16-18-41)36-11-13-38(14-12-36)52(67)61-42-28-46(63(4)33-42)53(68)57-21-8-22-74-48-30-45-44(29-47(48)71-5)55(70)64-32-40-10-7-6-9-39(40)27-43(64)31-58-45/h6-7,9-18,28-31,33-35,43,50H,8,19-27,32,56H2,1-5H3,(H,57,68)(H,59,69)(H,60,66)(H,61,67)(H,62,65)/t35-,43?,50-/m0/s1. The zero-order chi connectivity index (χ0) is 52.7. The number of aromatic nitrogens is 1. The molecule has 0 saturated heterocycles. The summed E-state index contributed by atoms with van der Waals surface area (Å²) in [6.45, 7) is 7.95. The fraction of sp³-hybridized carbons (Fsp3) is 0.364. The molecule has 5 aromatic rings. The van der Waals surface area contributed by atoms with E-state index in [2.05, 4.69) is 32.7 Å². The summed E-state index contributed by atoms with van der Waals surface area (Å²) in [5.41, 5.74) is 12.1. The number of anilines is 2. The first-order chi connectivity index (χ1) is 35.7. The molecule has 19 nitrogen and oxygen atoms in total. The summed E-state index contributed by atoms with van der Waals surface area (Å²) in [7, 11) is 3.24. The molecule has 7 rings (SSSR count). The Morgan fingerprint density at radius 1 is 0.770 bits per heavy atom. The van der Waals surface area contributed by atoms with E-state index < -0.39 is 23.9 Å². The molecule has 0 aliphatic carbocycles. The van der Waals surface area contributed by atoms with Crippen molar-refractivity contribution < 1.29 is 47.7 Å². The van der Waals surface area contributed by atoms with Crippen LogP contribution in [0.2, 0.25) is 0 Å². The molecular formula is C55H65N9O10. The van der Waals surface area contributed by atoms with Gasteiger partial charge < -0.3 is 60.7 Å². The van der Waals surface area contributed by atoms with Crippen molar-refractivity contribution in [1.82, 2.24) is 25.4 Å². The second-order valence-electron chi connectivity index (χ2n) is 18.3. The Bertz CT molecular complexity index is 2830. The van der Waals surface area contributed by atoms with Gasteiger partial charge in [0.05, 0.1) is 63.1 Å². The van der Waals surface area contributed by atoms with Crippen molar-refractivity contribution in [2.24, 2.45) is 23.7 Å². The third-order valence-corrected chi connectivity index (χ3v) is 12.6. The highest BCUT2D eigenvalue weighted by Gasteiger charge is 2.33. The van der Waals surface area contributed by atoms with Gasteiger partial charge in [-0.25, -0.2) is 0 Å². The number of methoxy groups -OCH3 is 1. The van der Waals surface area contributed by atoms with Gasteiger partial charge in [0.15, 0.2) is 11.5 Å². The van der Waals surface area contributed by atoms with Crippen molar-refractivity contribution in [1.29, 1.82) is 0 Å². The monoisotopic (exact) mass is 1010 g/mol. The number of amides is 6. The lowest BCUT2D eigenvalue weighted by Crippen LogP contribution is -2.53. The average Bonchev–Trinajstić information content (AvgIpc) is 3.71. The Hall–Kier alpha value is -7.87. The van der Waals surface area contributed by atoms with Crippen LogP contribution in [-0.2, 0) is 43.9 Å². The van der Waals surface area contributed by atoms with Gasteiger partial charge in [0.2, 0.25) is 17.7 Å². The summed E-state index contributed by atoms with van der Waals surface area (Å²) in [4.78, 5) is 85.4. The van der Waals surface area contributed by atoms with Crippen LogP contribution >= 0.6 is 0 Å².